The average Bonchev–Trinajstić information content (AvgIpc) is 1.99. The van der Waals surface area contributed by atoms with E-state index < -0.39 is 17.6 Å². The number of aryl methyl sites for hydroxylation is 1. The van der Waals surface area contributed by atoms with Crippen molar-refractivity contribution in [2.24, 2.45) is 0 Å². The lowest BCUT2D eigenvalue weighted by Crippen LogP contribution is -2.16. The van der Waals surface area contributed by atoms with Gasteiger partial charge in [-0.2, -0.15) is 13.2 Å². The number of alkyl halides is 3. The van der Waals surface area contributed by atoms with Crippen LogP contribution in [0.2, 0.25) is 5.28 Å². The quantitative estimate of drug-likeness (QED) is 0.808. The number of halogens is 4. The lowest BCUT2D eigenvalue weighted by Gasteiger charge is -2.13. The van der Waals surface area contributed by atoms with Gasteiger partial charge in [-0.3, -0.25) is 0 Å². The molecule has 0 aromatic carbocycles. The van der Waals surface area contributed by atoms with Gasteiger partial charge in [-0.15, -0.1) is 0 Å². The largest absolute Gasteiger partial charge is 0.421 e. The fourth-order valence-electron chi connectivity index (χ4n) is 1.22. The molecule has 0 radical (unpaired) electrons. The molecule has 0 atom stereocenters. The predicted octanol–water partition coefficient (Wildman–Crippen LogP) is 2.68. The molecule has 1 aromatic rings. The molecule has 3 nitrogen and oxygen atoms in total. The second kappa shape index (κ2) is 4.22. The maximum atomic E-state index is 12.6. The molecule has 1 heterocycles. The molecule has 1 aromatic heterocycles. The third-order valence-electron chi connectivity index (χ3n) is 1.75. The highest BCUT2D eigenvalue weighted by atomic mass is 35.5. The topological polar surface area (TPSA) is 51.8 Å². The Balaban J connectivity index is 3.33. The van der Waals surface area contributed by atoms with Crippen molar-refractivity contribution in [3.63, 3.8) is 0 Å². The van der Waals surface area contributed by atoms with Crippen LogP contribution in [0.5, 0.6) is 0 Å². The van der Waals surface area contributed by atoms with Gasteiger partial charge in [0.2, 0.25) is 5.28 Å². The van der Waals surface area contributed by atoms with Gasteiger partial charge in [0.25, 0.3) is 0 Å². The maximum Gasteiger partial charge on any atom is 0.421 e. The summed E-state index contributed by atoms with van der Waals surface area (Å²) in [7, 11) is 0. The zero-order valence-electron chi connectivity index (χ0n) is 7.90. The van der Waals surface area contributed by atoms with E-state index in [0.29, 0.717) is 6.42 Å². The first-order valence-electron chi connectivity index (χ1n) is 4.25. The SMILES string of the molecule is CCCc1nc(Cl)nc(N)c1C(F)(F)F. The summed E-state index contributed by atoms with van der Waals surface area (Å²) < 4.78 is 37.7. The third-order valence-corrected chi connectivity index (χ3v) is 1.92. The molecular formula is C8H9ClF3N3. The van der Waals surface area contributed by atoms with Crippen LogP contribution in [0.1, 0.15) is 24.6 Å². The van der Waals surface area contributed by atoms with E-state index >= 15 is 0 Å². The number of hydrogen-bond acceptors (Lipinski definition) is 3. The van der Waals surface area contributed by atoms with Crippen molar-refractivity contribution >= 4 is 17.4 Å². The number of hydrogen-bond donors (Lipinski definition) is 1. The van der Waals surface area contributed by atoms with Crippen molar-refractivity contribution in [2.75, 3.05) is 5.73 Å². The van der Waals surface area contributed by atoms with Gasteiger partial charge < -0.3 is 5.73 Å². The summed E-state index contributed by atoms with van der Waals surface area (Å²) in [5.74, 6) is -0.619. The Morgan fingerprint density at radius 1 is 1.33 bits per heavy atom. The Morgan fingerprint density at radius 3 is 2.40 bits per heavy atom. The van der Waals surface area contributed by atoms with Gasteiger partial charge >= 0.3 is 6.18 Å². The molecule has 1 rings (SSSR count). The normalized spacial score (nSPS) is 11.8. The number of nitrogens with two attached hydrogens (primary N) is 1. The van der Waals surface area contributed by atoms with E-state index in [2.05, 4.69) is 9.97 Å². The molecule has 0 spiro atoms. The molecule has 0 fully saturated rings. The van der Waals surface area contributed by atoms with E-state index in [9.17, 15) is 13.2 Å². The van der Waals surface area contributed by atoms with Gasteiger partial charge in [-0.1, -0.05) is 13.3 Å². The van der Waals surface area contributed by atoms with E-state index in [0.717, 1.165) is 0 Å². The zero-order chi connectivity index (χ0) is 11.6. The first kappa shape index (κ1) is 12.0. The van der Waals surface area contributed by atoms with Gasteiger partial charge in [-0.25, -0.2) is 9.97 Å². The van der Waals surface area contributed by atoms with Crippen LogP contribution in [0.15, 0.2) is 0 Å². The molecule has 0 saturated carbocycles. The van der Waals surface area contributed by atoms with Gasteiger partial charge in [0.1, 0.15) is 11.4 Å². The predicted molar refractivity (Wildman–Crippen MR) is 50.5 cm³/mol. The van der Waals surface area contributed by atoms with Gasteiger partial charge in [-0.05, 0) is 18.0 Å². The molecule has 0 saturated heterocycles. The molecule has 0 bridgehead atoms. The van der Waals surface area contributed by atoms with Crippen LogP contribution in [0.4, 0.5) is 19.0 Å². The molecule has 0 aliphatic rings. The Morgan fingerprint density at radius 2 is 1.93 bits per heavy atom. The lowest BCUT2D eigenvalue weighted by molar-refractivity contribution is -0.138. The number of nitrogen functional groups attached to an aromatic ring is 1. The molecular weight excluding hydrogens is 231 g/mol. The fourth-order valence-corrected chi connectivity index (χ4v) is 1.42. The number of aromatic nitrogens is 2. The second-order valence-corrected chi connectivity index (χ2v) is 3.29. The minimum Gasteiger partial charge on any atom is -0.383 e. The highest BCUT2D eigenvalue weighted by molar-refractivity contribution is 6.28. The second-order valence-electron chi connectivity index (χ2n) is 2.95. The van der Waals surface area contributed by atoms with Crippen LogP contribution >= 0.6 is 11.6 Å². The zero-order valence-corrected chi connectivity index (χ0v) is 8.65. The van der Waals surface area contributed by atoms with E-state index in [1.54, 1.807) is 6.92 Å². The van der Waals surface area contributed by atoms with Crippen LogP contribution in [0.25, 0.3) is 0 Å². The van der Waals surface area contributed by atoms with Crippen molar-refractivity contribution in [3.05, 3.63) is 16.5 Å². The number of anilines is 1. The van der Waals surface area contributed by atoms with Crippen LogP contribution in [-0.4, -0.2) is 9.97 Å². The van der Waals surface area contributed by atoms with Crippen molar-refractivity contribution in [2.45, 2.75) is 25.9 Å². The Labute approximate surface area is 89.5 Å². The van der Waals surface area contributed by atoms with Crippen molar-refractivity contribution in [3.8, 4) is 0 Å². The summed E-state index contributed by atoms with van der Waals surface area (Å²) in [5.41, 5.74) is 4.05. The maximum absolute atomic E-state index is 12.6. The molecule has 0 aliphatic heterocycles. The minimum absolute atomic E-state index is 0.150. The van der Waals surface area contributed by atoms with Crippen LogP contribution in [0, 0.1) is 0 Å². The highest BCUT2D eigenvalue weighted by Gasteiger charge is 2.37. The van der Waals surface area contributed by atoms with E-state index in [1.807, 2.05) is 0 Å². The first-order valence-corrected chi connectivity index (χ1v) is 4.63. The third kappa shape index (κ3) is 2.71. The Bertz CT molecular complexity index is 365. The molecule has 7 heteroatoms. The van der Waals surface area contributed by atoms with Crippen molar-refractivity contribution in [1.29, 1.82) is 0 Å². The number of nitrogens with zero attached hydrogens (tertiary/aromatic N) is 2. The summed E-state index contributed by atoms with van der Waals surface area (Å²) in [6.07, 6.45) is -3.85. The van der Waals surface area contributed by atoms with Gasteiger partial charge in [0, 0.05) is 0 Å². The fraction of sp³-hybridized carbons (Fsp3) is 0.500. The van der Waals surface area contributed by atoms with Crippen molar-refractivity contribution < 1.29 is 13.2 Å². The first-order chi connectivity index (χ1) is 6.86. The van der Waals surface area contributed by atoms with E-state index in [4.69, 9.17) is 17.3 Å². The van der Waals surface area contributed by atoms with Gasteiger partial charge in [0.15, 0.2) is 0 Å². The van der Waals surface area contributed by atoms with Crippen LogP contribution < -0.4 is 5.73 Å². The van der Waals surface area contributed by atoms with Crippen molar-refractivity contribution in [1.82, 2.24) is 9.97 Å². The minimum atomic E-state index is -4.54. The average molecular weight is 240 g/mol. The van der Waals surface area contributed by atoms with Crippen LogP contribution in [0.3, 0.4) is 0 Å². The summed E-state index contributed by atoms with van der Waals surface area (Å²) in [5, 5.41) is -0.260. The Kier molecular flexibility index (Phi) is 3.38. The van der Waals surface area contributed by atoms with Gasteiger partial charge in [0.05, 0.1) is 5.69 Å². The monoisotopic (exact) mass is 239 g/mol. The molecule has 0 unspecified atom stereocenters. The summed E-state index contributed by atoms with van der Waals surface area (Å²) in [6, 6.07) is 0. The smallest absolute Gasteiger partial charge is 0.383 e. The lowest BCUT2D eigenvalue weighted by atomic mass is 10.1. The Hall–Kier alpha value is -1.04. The molecule has 84 valence electrons. The summed E-state index contributed by atoms with van der Waals surface area (Å²) in [4.78, 5) is 6.84. The summed E-state index contributed by atoms with van der Waals surface area (Å²) in [6.45, 7) is 1.74. The highest BCUT2D eigenvalue weighted by Crippen LogP contribution is 2.35. The molecule has 15 heavy (non-hydrogen) atoms. The molecule has 0 aliphatic carbocycles. The summed E-state index contributed by atoms with van der Waals surface area (Å²) >= 11 is 5.44. The number of rotatable bonds is 2. The van der Waals surface area contributed by atoms with E-state index in [1.165, 1.54) is 0 Å². The van der Waals surface area contributed by atoms with Crippen LogP contribution in [-0.2, 0) is 12.6 Å². The standard InChI is InChI=1S/C8H9ClF3N3/c1-2-3-4-5(8(10,11)12)6(13)15-7(9)14-4/h2-3H2,1H3,(H2,13,14,15). The van der Waals surface area contributed by atoms with E-state index in [-0.39, 0.29) is 17.4 Å². The molecule has 2 N–H and O–H groups in total. The molecule has 0 amide bonds.